The lowest BCUT2D eigenvalue weighted by atomic mass is 10.1. The Bertz CT molecular complexity index is 1200. The molecule has 1 unspecified atom stereocenters. The predicted octanol–water partition coefficient (Wildman–Crippen LogP) is 3.01. The van der Waals surface area contributed by atoms with Gasteiger partial charge >= 0.3 is 0 Å². The van der Waals surface area contributed by atoms with Crippen LogP contribution in [0, 0.1) is 6.92 Å². The van der Waals surface area contributed by atoms with Crippen LogP contribution < -0.4 is 21.3 Å². The quantitative estimate of drug-likeness (QED) is 0.318. The van der Waals surface area contributed by atoms with Gasteiger partial charge in [0.2, 0.25) is 5.95 Å². The number of hydrogen-bond donors (Lipinski definition) is 4. The van der Waals surface area contributed by atoms with Crippen molar-refractivity contribution < 1.29 is 4.52 Å². The first-order valence-corrected chi connectivity index (χ1v) is 11.0. The van der Waals surface area contributed by atoms with Gasteiger partial charge in [-0.05, 0) is 31.9 Å². The fourth-order valence-electron chi connectivity index (χ4n) is 3.91. The number of pyridine rings is 1. The molecular weight excluding hydrogens is 420 g/mol. The Kier molecular flexibility index (Phi) is 5.85. The molecule has 11 nitrogen and oxygen atoms in total. The second kappa shape index (κ2) is 9.25. The fourth-order valence-corrected chi connectivity index (χ4v) is 3.91. The van der Waals surface area contributed by atoms with E-state index in [1.54, 1.807) is 6.20 Å². The normalized spacial score (nSPS) is 15.7. The number of H-pyrrole nitrogens is 1. The van der Waals surface area contributed by atoms with E-state index in [2.05, 4.69) is 35.9 Å². The summed E-state index contributed by atoms with van der Waals surface area (Å²) in [4.78, 5) is 16.0. The molecule has 1 saturated heterocycles. The third-order valence-electron chi connectivity index (χ3n) is 5.42. The van der Waals surface area contributed by atoms with Crippen molar-refractivity contribution in [2.75, 3.05) is 35.2 Å². The maximum Gasteiger partial charge on any atom is 0.229 e. The summed E-state index contributed by atoms with van der Waals surface area (Å²) in [6.07, 6.45) is 3.66. The van der Waals surface area contributed by atoms with Crippen LogP contribution in [0.3, 0.4) is 0 Å². The van der Waals surface area contributed by atoms with E-state index < -0.39 is 0 Å². The van der Waals surface area contributed by atoms with E-state index in [0.717, 1.165) is 36.5 Å². The molecule has 1 aliphatic heterocycles. The van der Waals surface area contributed by atoms with Crippen LogP contribution in [0.4, 0.5) is 23.4 Å². The molecule has 4 aromatic heterocycles. The van der Waals surface area contributed by atoms with Crippen molar-refractivity contribution in [3.8, 4) is 11.4 Å². The number of anilines is 4. The third kappa shape index (κ3) is 4.62. The monoisotopic (exact) mass is 446 g/mol. The van der Waals surface area contributed by atoms with E-state index >= 15 is 0 Å². The summed E-state index contributed by atoms with van der Waals surface area (Å²) in [5.74, 6) is 3.40. The molecule has 1 fully saturated rings. The number of nitrogens with zero attached hydrogens (tertiary/aromatic N) is 6. The molecule has 4 aromatic rings. The van der Waals surface area contributed by atoms with Crippen molar-refractivity contribution in [1.82, 2.24) is 30.3 Å². The van der Waals surface area contributed by atoms with Crippen LogP contribution in [0.5, 0.6) is 0 Å². The van der Waals surface area contributed by atoms with E-state index in [1.165, 1.54) is 0 Å². The van der Waals surface area contributed by atoms with Crippen molar-refractivity contribution in [2.45, 2.75) is 25.8 Å². The largest absolute Gasteiger partial charge is 0.369 e. The minimum atomic E-state index is -0.0137. The molecule has 0 saturated carbocycles. The summed E-state index contributed by atoms with van der Waals surface area (Å²) in [5.41, 5.74) is 8.13. The number of nitrogens with one attached hydrogen (secondary N) is 3. The van der Waals surface area contributed by atoms with Crippen molar-refractivity contribution in [3.63, 3.8) is 0 Å². The molecule has 1 aliphatic rings. The van der Waals surface area contributed by atoms with Gasteiger partial charge in [-0.25, -0.2) is 0 Å². The zero-order valence-corrected chi connectivity index (χ0v) is 18.3. The molecule has 0 spiro atoms. The summed E-state index contributed by atoms with van der Waals surface area (Å²) in [6, 6.07) is 11.4. The van der Waals surface area contributed by atoms with Crippen molar-refractivity contribution in [1.29, 1.82) is 0 Å². The summed E-state index contributed by atoms with van der Waals surface area (Å²) >= 11 is 0. The standard InChI is InChI=1S/C22H26N10O/c1-14-11-21(30-29-14)26-20-13-19(25-9-7-23)27-22(28-20)32-10-4-6-17(32)18-12-16(31-33-18)15-5-2-3-8-24-15/h2-3,5,8,11-13,17H,4,6-7,9-10,23H2,1H3,(H3,25,26,27,28,29,30). The van der Waals surface area contributed by atoms with Crippen LogP contribution in [0.15, 0.2) is 47.1 Å². The number of rotatable bonds is 8. The first-order valence-electron chi connectivity index (χ1n) is 11.0. The molecular formula is C22H26N10O. The fraction of sp³-hybridized carbons (Fsp3) is 0.318. The zero-order chi connectivity index (χ0) is 22.6. The van der Waals surface area contributed by atoms with Crippen LogP contribution in [-0.2, 0) is 0 Å². The Balaban J connectivity index is 1.44. The Hall–Kier alpha value is -3.99. The molecule has 0 aliphatic carbocycles. The van der Waals surface area contributed by atoms with Gasteiger partial charge in [-0.1, -0.05) is 11.2 Å². The lowest BCUT2D eigenvalue weighted by Crippen LogP contribution is -2.25. The van der Waals surface area contributed by atoms with Crippen LogP contribution in [0.25, 0.3) is 11.4 Å². The van der Waals surface area contributed by atoms with E-state index in [0.29, 0.717) is 42.2 Å². The molecule has 5 rings (SSSR count). The highest BCUT2D eigenvalue weighted by Crippen LogP contribution is 2.36. The average molecular weight is 447 g/mol. The van der Waals surface area contributed by atoms with Crippen molar-refractivity contribution in [2.24, 2.45) is 5.73 Å². The first-order chi connectivity index (χ1) is 16.2. The number of nitrogens with two attached hydrogens (primary N) is 1. The SMILES string of the molecule is Cc1cc(Nc2cc(NCCN)nc(N3CCCC3c3cc(-c4ccccn4)no3)n2)n[nH]1. The van der Waals surface area contributed by atoms with E-state index in [4.69, 9.17) is 20.2 Å². The van der Waals surface area contributed by atoms with Gasteiger partial charge in [0.05, 0.1) is 11.7 Å². The summed E-state index contributed by atoms with van der Waals surface area (Å²) < 4.78 is 5.73. The summed E-state index contributed by atoms with van der Waals surface area (Å²) in [7, 11) is 0. The van der Waals surface area contributed by atoms with E-state index in [1.807, 2.05) is 43.3 Å². The van der Waals surface area contributed by atoms with Crippen LogP contribution in [0.2, 0.25) is 0 Å². The van der Waals surface area contributed by atoms with Gasteiger partial charge in [-0.15, -0.1) is 0 Å². The minimum Gasteiger partial charge on any atom is -0.369 e. The lowest BCUT2D eigenvalue weighted by molar-refractivity contribution is 0.362. The smallest absolute Gasteiger partial charge is 0.229 e. The maximum absolute atomic E-state index is 5.73. The van der Waals surface area contributed by atoms with Gasteiger partial charge in [0.25, 0.3) is 0 Å². The number of aromatic amines is 1. The van der Waals surface area contributed by atoms with Crippen LogP contribution >= 0.6 is 0 Å². The van der Waals surface area contributed by atoms with Crippen LogP contribution in [0.1, 0.15) is 30.3 Å². The number of hydrogen-bond acceptors (Lipinski definition) is 10. The highest BCUT2D eigenvalue weighted by Gasteiger charge is 2.32. The maximum atomic E-state index is 5.73. The highest BCUT2D eigenvalue weighted by atomic mass is 16.5. The third-order valence-corrected chi connectivity index (χ3v) is 5.42. The minimum absolute atomic E-state index is 0.0137. The Morgan fingerprint density at radius 3 is 2.85 bits per heavy atom. The van der Waals surface area contributed by atoms with Gasteiger partial charge in [0.15, 0.2) is 11.6 Å². The highest BCUT2D eigenvalue weighted by molar-refractivity contribution is 5.60. The van der Waals surface area contributed by atoms with Crippen molar-refractivity contribution >= 4 is 23.4 Å². The molecule has 0 radical (unpaired) electrons. The Labute approximate surface area is 190 Å². The molecule has 33 heavy (non-hydrogen) atoms. The molecule has 0 bridgehead atoms. The molecule has 11 heteroatoms. The van der Waals surface area contributed by atoms with Gasteiger partial charge in [0.1, 0.15) is 17.3 Å². The van der Waals surface area contributed by atoms with Crippen LogP contribution in [-0.4, -0.2) is 49.9 Å². The molecule has 170 valence electrons. The van der Waals surface area contributed by atoms with E-state index in [-0.39, 0.29) is 6.04 Å². The second-order valence-electron chi connectivity index (χ2n) is 7.90. The van der Waals surface area contributed by atoms with Gasteiger partial charge in [-0.3, -0.25) is 10.1 Å². The van der Waals surface area contributed by atoms with Crippen molar-refractivity contribution in [3.05, 3.63) is 54.0 Å². The van der Waals surface area contributed by atoms with Gasteiger partial charge in [0, 0.05) is 49.7 Å². The van der Waals surface area contributed by atoms with Gasteiger partial charge in [-0.2, -0.15) is 15.1 Å². The molecule has 5 heterocycles. The first kappa shape index (κ1) is 20.9. The topological polar surface area (TPSA) is 147 Å². The molecule has 1 atom stereocenters. The predicted molar refractivity (Wildman–Crippen MR) is 125 cm³/mol. The molecule has 0 amide bonds. The average Bonchev–Trinajstić information content (AvgIpc) is 3.59. The zero-order valence-electron chi connectivity index (χ0n) is 18.3. The number of aryl methyl sites for hydroxylation is 1. The molecule has 0 aromatic carbocycles. The van der Waals surface area contributed by atoms with Gasteiger partial charge < -0.3 is 25.8 Å². The summed E-state index contributed by atoms with van der Waals surface area (Å²) in [5, 5.41) is 17.9. The van der Waals surface area contributed by atoms with E-state index in [9.17, 15) is 0 Å². The molecule has 5 N–H and O–H groups in total. The lowest BCUT2D eigenvalue weighted by Gasteiger charge is -2.23. The number of aromatic nitrogens is 6. The Morgan fingerprint density at radius 2 is 2.06 bits per heavy atom. The Morgan fingerprint density at radius 1 is 1.15 bits per heavy atom. The summed E-state index contributed by atoms with van der Waals surface area (Å²) in [6.45, 7) is 3.87. The second-order valence-corrected chi connectivity index (χ2v) is 7.90.